The van der Waals surface area contributed by atoms with Crippen molar-refractivity contribution in [1.82, 2.24) is 9.97 Å². The van der Waals surface area contributed by atoms with E-state index in [1.165, 1.54) is 5.56 Å². The molecule has 0 saturated heterocycles. The molecular formula is C22H24N4O2. The van der Waals surface area contributed by atoms with Crippen LogP contribution in [0, 0.1) is 13.8 Å². The molecule has 4 rings (SSSR count). The number of amides is 1. The number of fused-ring (bicyclic) bond motifs is 2. The number of hydrogen-bond donors (Lipinski definition) is 0. The monoisotopic (exact) mass is 376 g/mol. The maximum atomic E-state index is 13.0. The molecule has 28 heavy (non-hydrogen) atoms. The molecule has 1 amide bonds. The SMILES string of the molecule is Cc1ccc(OCC(=O)N2CCCN(C)c3nc4ccccc4nc32)cc1C. The number of aryl methyl sites for hydroxylation is 2. The molecule has 6 heteroatoms. The standard InChI is InChI=1S/C22H24N4O2/c1-15-9-10-17(13-16(15)2)28-14-20(27)26-12-6-11-25(3)21-22(26)24-19-8-5-4-7-18(19)23-21/h4-5,7-10,13H,6,11-12,14H2,1-3H3. The van der Waals surface area contributed by atoms with Gasteiger partial charge in [-0.25, -0.2) is 9.97 Å². The second-order valence-electron chi connectivity index (χ2n) is 7.21. The fourth-order valence-corrected chi connectivity index (χ4v) is 3.37. The lowest BCUT2D eigenvalue weighted by atomic mass is 10.1. The van der Waals surface area contributed by atoms with Crippen LogP contribution >= 0.6 is 0 Å². The van der Waals surface area contributed by atoms with Gasteiger partial charge in [0.2, 0.25) is 0 Å². The van der Waals surface area contributed by atoms with Gasteiger partial charge in [-0.2, -0.15) is 0 Å². The number of nitrogens with zero attached hydrogens (tertiary/aromatic N) is 4. The summed E-state index contributed by atoms with van der Waals surface area (Å²) >= 11 is 0. The van der Waals surface area contributed by atoms with Gasteiger partial charge in [-0.3, -0.25) is 9.69 Å². The Hall–Kier alpha value is -3.15. The zero-order chi connectivity index (χ0) is 19.7. The van der Waals surface area contributed by atoms with Crippen LogP contribution in [0.5, 0.6) is 5.75 Å². The molecule has 3 aromatic rings. The maximum Gasteiger partial charge on any atom is 0.266 e. The van der Waals surface area contributed by atoms with Crippen molar-refractivity contribution in [2.24, 2.45) is 0 Å². The molecule has 0 fully saturated rings. The molecular weight excluding hydrogens is 352 g/mol. The Morgan fingerprint density at radius 2 is 1.71 bits per heavy atom. The van der Waals surface area contributed by atoms with E-state index in [9.17, 15) is 4.79 Å². The highest BCUT2D eigenvalue weighted by atomic mass is 16.5. The van der Waals surface area contributed by atoms with E-state index >= 15 is 0 Å². The number of rotatable bonds is 3. The Morgan fingerprint density at radius 3 is 2.43 bits per heavy atom. The van der Waals surface area contributed by atoms with Crippen LogP contribution < -0.4 is 14.5 Å². The molecule has 1 aliphatic rings. The average Bonchev–Trinajstić information content (AvgIpc) is 2.86. The third-order valence-electron chi connectivity index (χ3n) is 5.17. The van der Waals surface area contributed by atoms with Crippen molar-refractivity contribution < 1.29 is 9.53 Å². The molecule has 0 unspecified atom stereocenters. The van der Waals surface area contributed by atoms with Crippen LogP contribution in [0.3, 0.4) is 0 Å². The second kappa shape index (κ2) is 7.46. The smallest absolute Gasteiger partial charge is 0.266 e. The molecule has 6 nitrogen and oxygen atoms in total. The molecule has 1 aromatic heterocycles. The van der Waals surface area contributed by atoms with Crippen LogP contribution in [0.2, 0.25) is 0 Å². The molecule has 2 aromatic carbocycles. The Balaban J connectivity index is 1.61. The van der Waals surface area contributed by atoms with Crippen LogP contribution in [0.4, 0.5) is 11.6 Å². The molecule has 1 aliphatic heterocycles. The number of aromatic nitrogens is 2. The van der Waals surface area contributed by atoms with Crippen LogP contribution in [-0.2, 0) is 4.79 Å². The number of hydrogen-bond acceptors (Lipinski definition) is 5. The minimum absolute atomic E-state index is 0.0276. The van der Waals surface area contributed by atoms with Gasteiger partial charge in [-0.05, 0) is 55.7 Å². The normalized spacial score (nSPS) is 14.0. The minimum Gasteiger partial charge on any atom is -0.484 e. The lowest BCUT2D eigenvalue weighted by molar-refractivity contribution is -0.120. The summed E-state index contributed by atoms with van der Waals surface area (Å²) in [5, 5.41) is 0. The van der Waals surface area contributed by atoms with Gasteiger partial charge >= 0.3 is 0 Å². The maximum absolute atomic E-state index is 13.0. The lowest BCUT2D eigenvalue weighted by Gasteiger charge is -2.23. The van der Waals surface area contributed by atoms with E-state index in [1.807, 2.05) is 56.4 Å². The van der Waals surface area contributed by atoms with Crippen molar-refractivity contribution in [1.29, 1.82) is 0 Å². The number of anilines is 2. The fraction of sp³-hybridized carbons (Fsp3) is 0.318. The van der Waals surface area contributed by atoms with Gasteiger partial charge in [0.15, 0.2) is 18.2 Å². The van der Waals surface area contributed by atoms with Crippen LogP contribution in [0.25, 0.3) is 11.0 Å². The van der Waals surface area contributed by atoms with Crippen molar-refractivity contribution >= 4 is 28.6 Å². The predicted molar refractivity (Wildman–Crippen MR) is 111 cm³/mol. The lowest BCUT2D eigenvalue weighted by Crippen LogP contribution is -2.36. The second-order valence-corrected chi connectivity index (χ2v) is 7.21. The molecule has 0 atom stereocenters. The molecule has 144 valence electrons. The molecule has 0 spiro atoms. The quantitative estimate of drug-likeness (QED) is 0.700. The highest BCUT2D eigenvalue weighted by Crippen LogP contribution is 2.30. The number of carbonyl (C=O) groups is 1. The van der Waals surface area contributed by atoms with Gasteiger partial charge < -0.3 is 9.64 Å². The summed E-state index contributed by atoms with van der Waals surface area (Å²) < 4.78 is 5.77. The van der Waals surface area contributed by atoms with Gasteiger partial charge in [0, 0.05) is 20.1 Å². The summed E-state index contributed by atoms with van der Waals surface area (Å²) in [6.45, 7) is 5.48. The minimum atomic E-state index is -0.112. The number of para-hydroxylation sites is 2. The first-order chi connectivity index (χ1) is 13.5. The molecule has 0 N–H and O–H groups in total. The Kier molecular flexibility index (Phi) is 4.86. The Bertz CT molecular complexity index is 1030. The van der Waals surface area contributed by atoms with E-state index in [0.717, 1.165) is 35.4 Å². The van der Waals surface area contributed by atoms with Gasteiger partial charge in [-0.15, -0.1) is 0 Å². The van der Waals surface area contributed by atoms with Crippen molar-refractivity contribution in [3.63, 3.8) is 0 Å². The fourth-order valence-electron chi connectivity index (χ4n) is 3.37. The van der Waals surface area contributed by atoms with Crippen LogP contribution in [-0.4, -0.2) is 42.6 Å². The first kappa shape index (κ1) is 18.2. The molecule has 2 heterocycles. The highest BCUT2D eigenvalue weighted by molar-refractivity contribution is 5.97. The molecule has 0 bridgehead atoms. The molecule has 0 radical (unpaired) electrons. The number of carbonyl (C=O) groups excluding carboxylic acids is 1. The summed E-state index contributed by atoms with van der Waals surface area (Å²) in [5.41, 5.74) is 3.95. The van der Waals surface area contributed by atoms with Crippen molar-refractivity contribution in [2.45, 2.75) is 20.3 Å². The van der Waals surface area contributed by atoms with E-state index in [0.29, 0.717) is 18.1 Å². The predicted octanol–water partition coefficient (Wildman–Crippen LogP) is 3.50. The summed E-state index contributed by atoms with van der Waals surface area (Å²) in [6.07, 6.45) is 0.847. The molecule has 0 aliphatic carbocycles. The first-order valence-corrected chi connectivity index (χ1v) is 9.51. The first-order valence-electron chi connectivity index (χ1n) is 9.51. The summed E-state index contributed by atoms with van der Waals surface area (Å²) in [5.74, 6) is 1.93. The summed E-state index contributed by atoms with van der Waals surface area (Å²) in [4.78, 5) is 26.3. The Morgan fingerprint density at radius 1 is 1.00 bits per heavy atom. The summed E-state index contributed by atoms with van der Waals surface area (Å²) in [6, 6.07) is 13.6. The summed E-state index contributed by atoms with van der Waals surface area (Å²) in [7, 11) is 1.99. The molecule has 0 saturated carbocycles. The zero-order valence-electron chi connectivity index (χ0n) is 16.5. The van der Waals surface area contributed by atoms with Gasteiger partial charge in [0.1, 0.15) is 5.75 Å². The zero-order valence-corrected chi connectivity index (χ0v) is 16.5. The van der Waals surface area contributed by atoms with Crippen molar-refractivity contribution in [2.75, 3.05) is 36.5 Å². The largest absolute Gasteiger partial charge is 0.484 e. The van der Waals surface area contributed by atoms with Crippen LogP contribution in [0.15, 0.2) is 42.5 Å². The van der Waals surface area contributed by atoms with Crippen molar-refractivity contribution in [3.05, 3.63) is 53.6 Å². The van der Waals surface area contributed by atoms with Gasteiger partial charge in [0.25, 0.3) is 5.91 Å². The average molecular weight is 376 g/mol. The van der Waals surface area contributed by atoms with Crippen molar-refractivity contribution in [3.8, 4) is 5.75 Å². The van der Waals surface area contributed by atoms with E-state index < -0.39 is 0 Å². The third kappa shape index (κ3) is 3.50. The van der Waals surface area contributed by atoms with E-state index in [2.05, 4.69) is 11.8 Å². The van der Waals surface area contributed by atoms with E-state index in [4.69, 9.17) is 14.7 Å². The number of benzene rings is 2. The third-order valence-corrected chi connectivity index (χ3v) is 5.17. The number of ether oxygens (including phenoxy) is 1. The van der Waals surface area contributed by atoms with E-state index in [1.54, 1.807) is 4.90 Å². The van der Waals surface area contributed by atoms with E-state index in [-0.39, 0.29) is 12.5 Å². The highest BCUT2D eigenvalue weighted by Gasteiger charge is 2.27. The van der Waals surface area contributed by atoms with Gasteiger partial charge in [0.05, 0.1) is 11.0 Å². The van der Waals surface area contributed by atoms with Crippen LogP contribution in [0.1, 0.15) is 17.5 Å². The topological polar surface area (TPSA) is 58.6 Å². The Labute approximate surface area is 164 Å². The van der Waals surface area contributed by atoms with Gasteiger partial charge in [-0.1, -0.05) is 18.2 Å².